The first-order chi connectivity index (χ1) is 9.54. The van der Waals surface area contributed by atoms with Crippen molar-refractivity contribution < 1.29 is 4.39 Å². The van der Waals surface area contributed by atoms with Crippen molar-refractivity contribution in [2.45, 2.75) is 38.6 Å². The Balaban J connectivity index is 1.75. The van der Waals surface area contributed by atoms with Crippen LogP contribution in [0.4, 0.5) is 10.1 Å². The van der Waals surface area contributed by atoms with Crippen LogP contribution in [-0.2, 0) is 0 Å². The molecule has 2 fully saturated rings. The summed E-state index contributed by atoms with van der Waals surface area (Å²) in [6, 6.07) is 4.86. The van der Waals surface area contributed by atoms with Gasteiger partial charge < -0.3 is 10.6 Å². The number of hydrogen-bond acceptors (Lipinski definition) is 2. The van der Waals surface area contributed by atoms with Gasteiger partial charge in [-0.25, -0.2) is 4.39 Å². The molecule has 1 aromatic rings. The highest BCUT2D eigenvalue weighted by Gasteiger charge is 2.39. The van der Waals surface area contributed by atoms with E-state index in [1.807, 2.05) is 13.0 Å². The van der Waals surface area contributed by atoms with Crippen molar-refractivity contribution in [2.75, 3.05) is 18.5 Å². The zero-order valence-corrected chi connectivity index (χ0v) is 12.5. The molecule has 2 aliphatic carbocycles. The zero-order chi connectivity index (χ0) is 14.3. The average molecular weight is 276 g/mol. The average Bonchev–Trinajstić information content (AvgIpc) is 3.00. The molecule has 0 spiro atoms. The first kappa shape index (κ1) is 13.9. The highest BCUT2D eigenvalue weighted by Crippen LogP contribution is 2.48. The number of fused-ring (bicyclic) bond motifs is 2. The van der Waals surface area contributed by atoms with Gasteiger partial charge in [0.15, 0.2) is 0 Å². The van der Waals surface area contributed by atoms with Crippen LogP contribution in [0.15, 0.2) is 18.2 Å². The summed E-state index contributed by atoms with van der Waals surface area (Å²) in [5, 5.41) is 0. The molecule has 110 valence electrons. The molecule has 3 unspecified atom stereocenters. The van der Waals surface area contributed by atoms with E-state index in [0.717, 1.165) is 35.5 Å². The van der Waals surface area contributed by atoms with Gasteiger partial charge in [0.1, 0.15) is 5.82 Å². The molecule has 4 atom stereocenters. The molecule has 2 saturated carbocycles. The lowest BCUT2D eigenvalue weighted by atomic mass is 9.88. The second-order valence-electron chi connectivity index (χ2n) is 6.81. The minimum absolute atomic E-state index is 0.136. The SMILES string of the molecule is C[C@H](N)c1cc(F)ccc1N(C)CC1CC2CCC1C2. The van der Waals surface area contributed by atoms with E-state index in [0.29, 0.717) is 0 Å². The summed E-state index contributed by atoms with van der Waals surface area (Å²) in [6.07, 6.45) is 5.66. The van der Waals surface area contributed by atoms with Crippen LogP contribution < -0.4 is 10.6 Å². The highest BCUT2D eigenvalue weighted by molar-refractivity contribution is 5.54. The largest absolute Gasteiger partial charge is 0.374 e. The smallest absolute Gasteiger partial charge is 0.123 e. The van der Waals surface area contributed by atoms with Gasteiger partial charge in [-0.1, -0.05) is 6.42 Å². The third-order valence-corrected chi connectivity index (χ3v) is 5.28. The molecule has 0 aliphatic heterocycles. The fourth-order valence-electron chi connectivity index (χ4n) is 4.29. The van der Waals surface area contributed by atoms with E-state index < -0.39 is 0 Å². The van der Waals surface area contributed by atoms with Gasteiger partial charge in [0, 0.05) is 25.3 Å². The Hall–Kier alpha value is -1.09. The molecule has 0 radical (unpaired) electrons. The number of halogens is 1. The molecule has 2 nitrogen and oxygen atoms in total. The Bertz CT molecular complexity index is 486. The lowest BCUT2D eigenvalue weighted by Crippen LogP contribution is -2.29. The molecule has 1 aromatic carbocycles. The molecule has 3 rings (SSSR count). The summed E-state index contributed by atoms with van der Waals surface area (Å²) < 4.78 is 13.4. The van der Waals surface area contributed by atoms with Gasteiger partial charge >= 0.3 is 0 Å². The number of nitrogens with two attached hydrogens (primary N) is 1. The minimum Gasteiger partial charge on any atom is -0.374 e. The van der Waals surface area contributed by atoms with Crippen molar-refractivity contribution in [3.05, 3.63) is 29.6 Å². The van der Waals surface area contributed by atoms with Crippen molar-refractivity contribution in [3.63, 3.8) is 0 Å². The number of anilines is 1. The second-order valence-corrected chi connectivity index (χ2v) is 6.81. The Labute approximate surface area is 121 Å². The van der Waals surface area contributed by atoms with Crippen LogP contribution >= 0.6 is 0 Å². The lowest BCUT2D eigenvalue weighted by Gasteiger charge is -2.30. The second kappa shape index (κ2) is 5.36. The quantitative estimate of drug-likeness (QED) is 0.908. The summed E-state index contributed by atoms with van der Waals surface area (Å²) in [6.45, 7) is 3.00. The molecular formula is C17H25FN2. The summed E-state index contributed by atoms with van der Waals surface area (Å²) in [5.74, 6) is 2.50. The molecule has 0 saturated heterocycles. The number of rotatable bonds is 4. The summed E-state index contributed by atoms with van der Waals surface area (Å²) >= 11 is 0. The molecule has 2 N–H and O–H groups in total. The summed E-state index contributed by atoms with van der Waals surface area (Å²) in [5.41, 5.74) is 8.00. The van der Waals surface area contributed by atoms with Gasteiger partial charge in [-0.2, -0.15) is 0 Å². The van der Waals surface area contributed by atoms with E-state index in [1.165, 1.54) is 25.7 Å². The van der Waals surface area contributed by atoms with Gasteiger partial charge in [-0.3, -0.25) is 0 Å². The normalized spacial score (nSPS) is 29.7. The molecule has 20 heavy (non-hydrogen) atoms. The number of nitrogens with zero attached hydrogens (tertiary/aromatic N) is 1. The Morgan fingerprint density at radius 2 is 2.15 bits per heavy atom. The van der Waals surface area contributed by atoms with E-state index in [-0.39, 0.29) is 11.9 Å². The van der Waals surface area contributed by atoms with Gasteiger partial charge in [-0.05, 0) is 67.7 Å². The van der Waals surface area contributed by atoms with Crippen molar-refractivity contribution in [1.29, 1.82) is 0 Å². The maximum absolute atomic E-state index is 13.4. The molecule has 2 aliphatic rings. The molecule has 2 bridgehead atoms. The van der Waals surface area contributed by atoms with Crippen molar-refractivity contribution >= 4 is 5.69 Å². The van der Waals surface area contributed by atoms with Gasteiger partial charge in [0.05, 0.1) is 0 Å². The molecule has 0 aromatic heterocycles. The van der Waals surface area contributed by atoms with E-state index in [4.69, 9.17) is 5.73 Å². The van der Waals surface area contributed by atoms with Crippen LogP contribution in [0.2, 0.25) is 0 Å². The molecule has 3 heteroatoms. The molecule has 0 amide bonds. The third kappa shape index (κ3) is 2.56. The maximum Gasteiger partial charge on any atom is 0.123 e. The van der Waals surface area contributed by atoms with E-state index in [9.17, 15) is 4.39 Å². The van der Waals surface area contributed by atoms with E-state index in [1.54, 1.807) is 12.1 Å². The van der Waals surface area contributed by atoms with Crippen LogP contribution in [0.1, 0.15) is 44.2 Å². The van der Waals surface area contributed by atoms with Crippen molar-refractivity contribution in [3.8, 4) is 0 Å². The van der Waals surface area contributed by atoms with Gasteiger partial charge in [-0.15, -0.1) is 0 Å². The van der Waals surface area contributed by atoms with Crippen molar-refractivity contribution in [1.82, 2.24) is 0 Å². The molecular weight excluding hydrogens is 251 g/mol. The van der Waals surface area contributed by atoms with Gasteiger partial charge in [0.2, 0.25) is 0 Å². The monoisotopic (exact) mass is 276 g/mol. The third-order valence-electron chi connectivity index (χ3n) is 5.28. The Morgan fingerprint density at radius 3 is 2.75 bits per heavy atom. The standard InChI is InChI=1S/C17H25FN2/c1-11(19)16-9-15(18)5-6-17(16)20(2)10-14-8-12-3-4-13(14)7-12/h5-6,9,11-14H,3-4,7-8,10,19H2,1-2H3/t11-,12?,13?,14?/m0/s1. The van der Waals surface area contributed by atoms with E-state index >= 15 is 0 Å². The van der Waals surface area contributed by atoms with Gasteiger partial charge in [0.25, 0.3) is 0 Å². The fourth-order valence-corrected chi connectivity index (χ4v) is 4.29. The molecule has 0 heterocycles. The predicted octanol–water partition coefficient (Wildman–Crippen LogP) is 3.72. The first-order valence-electron chi connectivity index (χ1n) is 7.80. The first-order valence-corrected chi connectivity index (χ1v) is 7.80. The Kier molecular flexibility index (Phi) is 3.72. The topological polar surface area (TPSA) is 29.3 Å². The lowest BCUT2D eigenvalue weighted by molar-refractivity contribution is 0.337. The van der Waals surface area contributed by atoms with E-state index in [2.05, 4.69) is 11.9 Å². The summed E-state index contributed by atoms with van der Waals surface area (Å²) in [7, 11) is 2.12. The van der Waals surface area contributed by atoms with Crippen LogP contribution in [-0.4, -0.2) is 13.6 Å². The summed E-state index contributed by atoms with van der Waals surface area (Å²) in [4.78, 5) is 2.28. The van der Waals surface area contributed by atoms with Crippen LogP contribution in [0.5, 0.6) is 0 Å². The number of benzene rings is 1. The minimum atomic E-state index is -0.200. The Morgan fingerprint density at radius 1 is 1.35 bits per heavy atom. The number of hydrogen-bond donors (Lipinski definition) is 1. The fraction of sp³-hybridized carbons (Fsp3) is 0.647. The zero-order valence-electron chi connectivity index (χ0n) is 12.5. The maximum atomic E-state index is 13.4. The van der Waals surface area contributed by atoms with Crippen molar-refractivity contribution in [2.24, 2.45) is 23.5 Å². The highest BCUT2D eigenvalue weighted by atomic mass is 19.1. The van der Waals surface area contributed by atoms with Crippen LogP contribution in [0, 0.1) is 23.6 Å². The predicted molar refractivity (Wildman–Crippen MR) is 81.2 cm³/mol. The van der Waals surface area contributed by atoms with Crippen LogP contribution in [0.25, 0.3) is 0 Å². The van der Waals surface area contributed by atoms with Crippen LogP contribution in [0.3, 0.4) is 0 Å².